The largest absolute Gasteiger partial charge is 0.494 e. The maximum absolute atomic E-state index is 12.0. The van der Waals surface area contributed by atoms with Crippen LogP contribution in [0, 0.1) is 0 Å². The molecule has 0 spiro atoms. The molecule has 0 aliphatic carbocycles. The number of benzene rings is 1. The third-order valence-corrected chi connectivity index (χ3v) is 2.93. The van der Waals surface area contributed by atoms with Crippen LogP contribution < -0.4 is 10.1 Å². The molecule has 0 saturated heterocycles. The summed E-state index contributed by atoms with van der Waals surface area (Å²) < 4.78 is 5.40. The van der Waals surface area contributed by atoms with Crippen LogP contribution in [0.15, 0.2) is 42.7 Å². The molecule has 0 bridgehead atoms. The van der Waals surface area contributed by atoms with Crippen molar-refractivity contribution in [2.45, 2.75) is 20.0 Å². The van der Waals surface area contributed by atoms with Crippen LogP contribution in [0.1, 0.15) is 18.1 Å². The van der Waals surface area contributed by atoms with Gasteiger partial charge in [0.15, 0.2) is 0 Å². The van der Waals surface area contributed by atoms with Crippen molar-refractivity contribution in [1.82, 2.24) is 4.98 Å². The summed E-state index contributed by atoms with van der Waals surface area (Å²) in [5.74, 6) is 0.515. The molecule has 5 nitrogen and oxygen atoms in total. The summed E-state index contributed by atoms with van der Waals surface area (Å²) in [6.07, 6.45) is 3.59. The van der Waals surface area contributed by atoms with Gasteiger partial charge in [-0.25, -0.2) is 0 Å². The van der Waals surface area contributed by atoms with E-state index in [0.29, 0.717) is 23.6 Å². The second kappa shape index (κ2) is 7.40. The molecule has 1 aromatic heterocycles. The number of rotatable bonds is 6. The summed E-state index contributed by atoms with van der Waals surface area (Å²) in [5.41, 5.74) is 2.19. The second-order valence-electron chi connectivity index (χ2n) is 4.49. The van der Waals surface area contributed by atoms with E-state index in [1.807, 2.05) is 6.92 Å². The highest BCUT2D eigenvalue weighted by Crippen LogP contribution is 2.23. The molecule has 21 heavy (non-hydrogen) atoms. The van der Waals surface area contributed by atoms with E-state index >= 15 is 0 Å². The van der Waals surface area contributed by atoms with Crippen molar-refractivity contribution in [1.29, 1.82) is 0 Å². The lowest BCUT2D eigenvalue weighted by molar-refractivity contribution is -0.115. The summed E-state index contributed by atoms with van der Waals surface area (Å²) in [4.78, 5) is 15.9. The van der Waals surface area contributed by atoms with E-state index in [1.165, 1.54) is 0 Å². The monoisotopic (exact) mass is 286 g/mol. The molecule has 2 aromatic rings. The molecule has 1 aromatic carbocycles. The Morgan fingerprint density at radius 1 is 1.29 bits per heavy atom. The average Bonchev–Trinajstić information content (AvgIpc) is 2.50. The van der Waals surface area contributed by atoms with E-state index in [4.69, 9.17) is 4.74 Å². The fourth-order valence-corrected chi connectivity index (χ4v) is 1.97. The number of nitrogens with one attached hydrogen (secondary N) is 1. The van der Waals surface area contributed by atoms with Crippen molar-refractivity contribution in [3.05, 3.63) is 53.9 Å². The summed E-state index contributed by atoms with van der Waals surface area (Å²) in [7, 11) is 0. The molecule has 5 heteroatoms. The van der Waals surface area contributed by atoms with Gasteiger partial charge in [-0.2, -0.15) is 0 Å². The highest BCUT2D eigenvalue weighted by Gasteiger charge is 2.07. The number of aromatic nitrogens is 1. The molecule has 1 amide bonds. The van der Waals surface area contributed by atoms with Gasteiger partial charge in [0.1, 0.15) is 5.75 Å². The number of amides is 1. The van der Waals surface area contributed by atoms with Gasteiger partial charge in [0.25, 0.3) is 0 Å². The summed E-state index contributed by atoms with van der Waals surface area (Å²) >= 11 is 0. The number of carbonyl (C=O) groups is 1. The quantitative estimate of drug-likeness (QED) is 0.853. The van der Waals surface area contributed by atoms with E-state index in [-0.39, 0.29) is 18.9 Å². The van der Waals surface area contributed by atoms with Gasteiger partial charge in [0.05, 0.1) is 19.6 Å². The normalized spacial score (nSPS) is 10.2. The van der Waals surface area contributed by atoms with Gasteiger partial charge < -0.3 is 15.2 Å². The zero-order valence-corrected chi connectivity index (χ0v) is 11.9. The zero-order chi connectivity index (χ0) is 15.1. The topological polar surface area (TPSA) is 71.5 Å². The number of hydrogen-bond donors (Lipinski definition) is 2. The Morgan fingerprint density at radius 3 is 2.71 bits per heavy atom. The van der Waals surface area contributed by atoms with Gasteiger partial charge in [-0.1, -0.05) is 0 Å². The minimum atomic E-state index is -0.136. The first-order valence-corrected chi connectivity index (χ1v) is 6.78. The van der Waals surface area contributed by atoms with Crippen molar-refractivity contribution >= 4 is 11.6 Å². The number of pyridine rings is 1. The molecular formula is C16H18N2O3. The summed E-state index contributed by atoms with van der Waals surface area (Å²) in [5, 5.41) is 12.1. The lowest BCUT2D eigenvalue weighted by Crippen LogP contribution is -2.14. The van der Waals surface area contributed by atoms with Crippen molar-refractivity contribution in [3.63, 3.8) is 0 Å². The van der Waals surface area contributed by atoms with Gasteiger partial charge in [-0.15, -0.1) is 0 Å². The Bertz CT molecular complexity index is 600. The fourth-order valence-electron chi connectivity index (χ4n) is 1.97. The summed E-state index contributed by atoms with van der Waals surface area (Å²) in [6.45, 7) is 2.27. The van der Waals surface area contributed by atoms with E-state index in [2.05, 4.69) is 10.3 Å². The number of ether oxygens (including phenoxy) is 1. The Balaban J connectivity index is 2.04. The lowest BCUT2D eigenvalue weighted by atomic mass is 10.1. The van der Waals surface area contributed by atoms with Crippen LogP contribution in [0.4, 0.5) is 5.69 Å². The fraction of sp³-hybridized carbons (Fsp3) is 0.250. The number of anilines is 1. The smallest absolute Gasteiger partial charge is 0.228 e. The SMILES string of the molecule is CCOc1ccc(NC(=O)Cc2ccncc2)cc1CO. The number of aliphatic hydroxyl groups excluding tert-OH is 1. The van der Waals surface area contributed by atoms with Crippen molar-refractivity contribution in [3.8, 4) is 5.75 Å². The molecule has 0 aliphatic rings. The first-order valence-electron chi connectivity index (χ1n) is 6.78. The van der Waals surface area contributed by atoms with Crippen molar-refractivity contribution in [2.24, 2.45) is 0 Å². The standard InChI is InChI=1S/C16H18N2O3/c1-2-21-15-4-3-14(10-13(15)11-19)18-16(20)9-12-5-7-17-8-6-12/h3-8,10,19H,2,9,11H2,1H3,(H,18,20). The summed E-state index contributed by atoms with van der Waals surface area (Å²) in [6, 6.07) is 8.83. The van der Waals surface area contributed by atoms with Gasteiger partial charge in [-0.3, -0.25) is 9.78 Å². The van der Waals surface area contributed by atoms with Gasteiger partial charge in [-0.05, 0) is 42.8 Å². The third kappa shape index (κ3) is 4.29. The van der Waals surface area contributed by atoms with Crippen LogP contribution in [-0.4, -0.2) is 22.6 Å². The number of nitrogens with zero attached hydrogens (tertiary/aromatic N) is 1. The second-order valence-corrected chi connectivity index (χ2v) is 4.49. The Hall–Kier alpha value is -2.40. The van der Waals surface area contributed by atoms with Gasteiger partial charge in [0, 0.05) is 23.6 Å². The molecule has 1 heterocycles. The molecule has 2 N–H and O–H groups in total. The average molecular weight is 286 g/mol. The minimum Gasteiger partial charge on any atom is -0.494 e. The predicted octanol–water partition coefficient (Wildman–Crippen LogP) is 2.15. The number of carbonyl (C=O) groups excluding carboxylic acids is 1. The molecule has 2 rings (SSSR count). The molecule has 0 fully saturated rings. The third-order valence-electron chi connectivity index (χ3n) is 2.93. The molecule has 0 atom stereocenters. The predicted molar refractivity (Wildman–Crippen MR) is 80.1 cm³/mol. The van der Waals surface area contributed by atoms with Crippen molar-refractivity contribution in [2.75, 3.05) is 11.9 Å². The maximum atomic E-state index is 12.0. The van der Waals surface area contributed by atoms with Crippen LogP contribution in [0.2, 0.25) is 0 Å². The highest BCUT2D eigenvalue weighted by molar-refractivity contribution is 5.92. The van der Waals surface area contributed by atoms with E-state index < -0.39 is 0 Å². The molecule has 0 unspecified atom stereocenters. The Kier molecular flexibility index (Phi) is 5.29. The van der Waals surface area contributed by atoms with E-state index in [0.717, 1.165) is 5.56 Å². The number of aliphatic hydroxyl groups is 1. The zero-order valence-electron chi connectivity index (χ0n) is 11.9. The van der Waals surface area contributed by atoms with Gasteiger partial charge >= 0.3 is 0 Å². The first-order chi connectivity index (χ1) is 10.2. The van der Waals surface area contributed by atoms with Crippen LogP contribution in [0.5, 0.6) is 5.75 Å². The maximum Gasteiger partial charge on any atom is 0.228 e. The minimum absolute atomic E-state index is 0.116. The van der Waals surface area contributed by atoms with Crippen molar-refractivity contribution < 1.29 is 14.6 Å². The molecular weight excluding hydrogens is 268 g/mol. The number of hydrogen-bond acceptors (Lipinski definition) is 4. The first kappa shape index (κ1) is 15.0. The van der Waals surface area contributed by atoms with Gasteiger partial charge in [0.2, 0.25) is 5.91 Å². The lowest BCUT2D eigenvalue weighted by Gasteiger charge is -2.11. The van der Waals surface area contributed by atoms with E-state index in [9.17, 15) is 9.90 Å². The molecule has 0 aliphatic heterocycles. The molecule has 0 saturated carbocycles. The highest BCUT2D eigenvalue weighted by atomic mass is 16.5. The Morgan fingerprint density at radius 2 is 2.05 bits per heavy atom. The van der Waals surface area contributed by atoms with Crippen LogP contribution in [0.3, 0.4) is 0 Å². The Labute approximate surface area is 123 Å². The van der Waals surface area contributed by atoms with Crippen LogP contribution >= 0.6 is 0 Å². The van der Waals surface area contributed by atoms with E-state index in [1.54, 1.807) is 42.7 Å². The van der Waals surface area contributed by atoms with Crippen LogP contribution in [0.25, 0.3) is 0 Å². The molecule has 110 valence electrons. The van der Waals surface area contributed by atoms with Crippen LogP contribution in [-0.2, 0) is 17.8 Å². The molecule has 0 radical (unpaired) electrons.